The Morgan fingerprint density at radius 2 is 1.38 bits per heavy atom. The molecule has 2 rings (SSSR count). The Hall–Kier alpha value is -0.630. The number of ether oxygens (including phenoxy) is 1. The zero-order valence-electron chi connectivity index (χ0n) is 26.1. The highest BCUT2D eigenvalue weighted by molar-refractivity contribution is 8.00. The van der Waals surface area contributed by atoms with Crippen molar-refractivity contribution in [3.63, 3.8) is 0 Å². The van der Waals surface area contributed by atoms with Crippen LogP contribution in [-0.4, -0.2) is 102 Å². The molecule has 0 spiro atoms. The molecule has 1 amide bonds. The zero-order valence-corrected chi connectivity index (χ0v) is 27.7. The smallest absolute Gasteiger partial charge is 0.411 e. The van der Waals surface area contributed by atoms with Gasteiger partial charge in [-0.25, -0.2) is 17.9 Å². The second kappa shape index (κ2) is 21.2. The summed E-state index contributed by atoms with van der Waals surface area (Å²) in [6, 6.07) is -1.21. The molecule has 0 aromatic heterocycles. The van der Waals surface area contributed by atoms with Crippen LogP contribution in [0.15, 0.2) is 0 Å². The minimum absolute atomic E-state index is 0.0600. The molecule has 2 aliphatic heterocycles. The molecule has 0 aromatic carbocycles. The number of piperidine rings is 1. The van der Waals surface area contributed by atoms with Gasteiger partial charge in [-0.2, -0.15) is 0 Å². The van der Waals surface area contributed by atoms with E-state index in [1.54, 1.807) is 0 Å². The SMILES string of the molecule is CCCCCCCCCCCCNC[C@H](CS[C@@H]1C(O)C(O)[C@H](O)C2COC(=O)N21)NS(=O)(=O)CCCCCCCC. The third-order valence-corrected chi connectivity index (χ3v) is 11.2. The van der Waals surface area contributed by atoms with Crippen molar-refractivity contribution in [3.05, 3.63) is 0 Å². The summed E-state index contributed by atoms with van der Waals surface area (Å²) in [6.07, 6.45) is 13.7. The summed E-state index contributed by atoms with van der Waals surface area (Å²) in [6.45, 7) is 5.53. The van der Waals surface area contributed by atoms with Crippen LogP contribution in [0.1, 0.15) is 117 Å². The van der Waals surface area contributed by atoms with Crippen molar-refractivity contribution in [1.29, 1.82) is 0 Å². The van der Waals surface area contributed by atoms with Gasteiger partial charge in [0.15, 0.2) is 0 Å². The van der Waals surface area contributed by atoms with Crippen LogP contribution in [0, 0.1) is 0 Å². The number of nitrogens with one attached hydrogen (secondary N) is 2. The van der Waals surface area contributed by atoms with E-state index in [0.717, 1.165) is 45.1 Å². The summed E-state index contributed by atoms with van der Waals surface area (Å²) in [4.78, 5) is 13.6. The molecule has 248 valence electrons. The van der Waals surface area contributed by atoms with Gasteiger partial charge < -0.3 is 25.4 Å². The van der Waals surface area contributed by atoms with E-state index in [1.807, 2.05) is 0 Å². The van der Waals surface area contributed by atoms with Crippen molar-refractivity contribution < 1.29 is 33.3 Å². The first-order valence-electron chi connectivity index (χ1n) is 16.5. The molecular weight excluding hydrogens is 578 g/mol. The third kappa shape index (κ3) is 13.6. The molecule has 6 atom stereocenters. The largest absolute Gasteiger partial charge is 0.447 e. The normalized spacial score (nSPS) is 25.0. The summed E-state index contributed by atoms with van der Waals surface area (Å²) in [5, 5.41) is 33.9. The molecule has 0 bridgehead atoms. The van der Waals surface area contributed by atoms with Crippen LogP contribution < -0.4 is 10.0 Å². The fraction of sp³-hybridized carbons (Fsp3) is 0.967. The number of amides is 1. The van der Waals surface area contributed by atoms with Crippen molar-refractivity contribution in [2.24, 2.45) is 0 Å². The lowest BCUT2D eigenvalue weighted by Crippen LogP contribution is -2.64. The first kappa shape index (κ1) is 37.6. The fourth-order valence-corrected chi connectivity index (χ4v) is 8.57. The van der Waals surface area contributed by atoms with Crippen LogP contribution in [0.4, 0.5) is 4.79 Å². The molecule has 0 aliphatic carbocycles. The van der Waals surface area contributed by atoms with Gasteiger partial charge >= 0.3 is 6.09 Å². The van der Waals surface area contributed by atoms with E-state index in [-0.39, 0.29) is 18.1 Å². The number of rotatable bonds is 25. The maximum Gasteiger partial charge on any atom is 0.411 e. The molecule has 2 fully saturated rings. The minimum atomic E-state index is -3.51. The van der Waals surface area contributed by atoms with Gasteiger partial charge in [-0.3, -0.25) is 4.90 Å². The van der Waals surface area contributed by atoms with Crippen LogP contribution in [-0.2, 0) is 14.8 Å². The second-order valence-corrected chi connectivity index (χ2v) is 15.1. The van der Waals surface area contributed by atoms with Gasteiger partial charge in [0.2, 0.25) is 10.0 Å². The lowest BCUT2D eigenvalue weighted by Gasteiger charge is -2.44. The monoisotopic (exact) mass is 637 g/mol. The van der Waals surface area contributed by atoms with Gasteiger partial charge in [-0.05, 0) is 19.4 Å². The number of carbonyl (C=O) groups excluding carboxylic acids is 1. The molecule has 42 heavy (non-hydrogen) atoms. The summed E-state index contributed by atoms with van der Waals surface area (Å²) in [5.41, 5.74) is 0. The number of carbonyl (C=O) groups is 1. The van der Waals surface area contributed by atoms with Crippen LogP contribution in [0.5, 0.6) is 0 Å². The Morgan fingerprint density at radius 1 is 0.833 bits per heavy atom. The number of unbranched alkanes of at least 4 members (excludes halogenated alkanes) is 14. The number of fused-ring (bicyclic) bond motifs is 1. The molecule has 2 heterocycles. The topological polar surface area (TPSA) is 148 Å². The lowest BCUT2D eigenvalue weighted by molar-refractivity contribution is -0.124. The van der Waals surface area contributed by atoms with Gasteiger partial charge in [0.1, 0.15) is 30.3 Å². The number of aliphatic hydroxyl groups is 3. The molecule has 0 radical (unpaired) electrons. The number of cyclic esters (lactones) is 1. The molecular formula is C30H59N3O7S2. The molecule has 2 aliphatic rings. The predicted molar refractivity (Wildman–Crippen MR) is 170 cm³/mol. The maximum atomic E-state index is 12.9. The summed E-state index contributed by atoms with van der Waals surface area (Å²) >= 11 is 1.20. The molecule has 12 heteroatoms. The summed E-state index contributed by atoms with van der Waals surface area (Å²) < 4.78 is 33.8. The summed E-state index contributed by atoms with van der Waals surface area (Å²) in [7, 11) is -3.51. The number of hydrogen-bond donors (Lipinski definition) is 5. The average molecular weight is 638 g/mol. The number of sulfonamides is 1. The van der Waals surface area contributed by atoms with Gasteiger partial charge in [0, 0.05) is 18.3 Å². The van der Waals surface area contributed by atoms with E-state index < -0.39 is 51.9 Å². The lowest BCUT2D eigenvalue weighted by atomic mass is 9.95. The van der Waals surface area contributed by atoms with Crippen LogP contribution in [0.2, 0.25) is 0 Å². The highest BCUT2D eigenvalue weighted by atomic mass is 32.2. The minimum Gasteiger partial charge on any atom is -0.447 e. The number of nitrogens with zero attached hydrogens (tertiary/aromatic N) is 1. The molecule has 10 nitrogen and oxygen atoms in total. The van der Waals surface area contributed by atoms with Crippen molar-refractivity contribution in [1.82, 2.24) is 14.9 Å². The molecule has 5 N–H and O–H groups in total. The quantitative estimate of drug-likeness (QED) is 0.0933. The Morgan fingerprint density at radius 3 is 1.98 bits per heavy atom. The van der Waals surface area contributed by atoms with E-state index in [1.165, 1.54) is 74.4 Å². The van der Waals surface area contributed by atoms with Crippen molar-refractivity contribution >= 4 is 27.9 Å². The van der Waals surface area contributed by atoms with Crippen LogP contribution >= 0.6 is 11.8 Å². The van der Waals surface area contributed by atoms with E-state index >= 15 is 0 Å². The van der Waals surface area contributed by atoms with E-state index in [0.29, 0.717) is 13.0 Å². The number of aliphatic hydroxyl groups excluding tert-OH is 3. The summed E-state index contributed by atoms with van der Waals surface area (Å²) in [5.74, 6) is 0.345. The standard InChI is InChI=1S/C30H59N3O7S2/c1-3-5-7-9-11-12-13-14-15-17-19-31-21-24(32-42(38,39)20-18-16-10-8-6-4-2)23-41-29-28(36)27(35)26(34)25-22-40-30(37)33(25)29/h24-29,31-32,34-36H,3-23H2,1-2H3/t24-,25?,26-,27?,28?,29-/m1/s1. The van der Waals surface area contributed by atoms with E-state index in [2.05, 4.69) is 23.9 Å². The van der Waals surface area contributed by atoms with E-state index in [4.69, 9.17) is 4.74 Å². The highest BCUT2D eigenvalue weighted by Crippen LogP contribution is 2.35. The van der Waals surface area contributed by atoms with Gasteiger partial charge in [0.05, 0.1) is 11.8 Å². The van der Waals surface area contributed by atoms with Crippen molar-refractivity contribution in [2.45, 2.75) is 152 Å². The predicted octanol–water partition coefficient (Wildman–Crippen LogP) is 4.12. The van der Waals surface area contributed by atoms with Crippen LogP contribution in [0.25, 0.3) is 0 Å². The fourth-order valence-electron chi connectivity index (χ4n) is 5.69. The van der Waals surface area contributed by atoms with E-state index in [9.17, 15) is 28.5 Å². The Balaban J connectivity index is 1.84. The molecule has 3 unspecified atom stereocenters. The molecule has 0 saturated carbocycles. The number of thioether (sulfide) groups is 1. The molecule has 0 aromatic rings. The van der Waals surface area contributed by atoms with Crippen LogP contribution in [0.3, 0.4) is 0 Å². The average Bonchev–Trinajstić information content (AvgIpc) is 3.35. The number of hydrogen-bond acceptors (Lipinski definition) is 9. The Bertz CT molecular complexity index is 836. The first-order chi connectivity index (χ1) is 20.2. The van der Waals surface area contributed by atoms with Crippen molar-refractivity contribution in [3.8, 4) is 0 Å². The van der Waals surface area contributed by atoms with Gasteiger partial charge in [0.25, 0.3) is 0 Å². The molecule has 2 saturated heterocycles. The first-order valence-corrected chi connectivity index (χ1v) is 19.2. The third-order valence-electron chi connectivity index (χ3n) is 8.28. The van der Waals surface area contributed by atoms with Gasteiger partial charge in [-0.1, -0.05) is 104 Å². The highest BCUT2D eigenvalue weighted by Gasteiger charge is 2.53. The Labute approximate surface area is 259 Å². The van der Waals surface area contributed by atoms with Crippen molar-refractivity contribution in [2.75, 3.05) is 31.2 Å². The Kier molecular flexibility index (Phi) is 18.9. The van der Waals surface area contributed by atoms with Gasteiger partial charge in [-0.15, -0.1) is 11.8 Å². The second-order valence-electron chi connectivity index (χ2n) is 12.0. The zero-order chi connectivity index (χ0) is 30.8. The maximum absolute atomic E-state index is 12.9.